The predicted octanol–water partition coefficient (Wildman–Crippen LogP) is 3.01. The number of nitrogens with zero attached hydrogens (tertiary/aromatic N) is 4. The summed E-state index contributed by atoms with van der Waals surface area (Å²) in [6.07, 6.45) is 2.07. The van der Waals surface area contributed by atoms with E-state index in [1.54, 1.807) is 0 Å². The second-order valence-corrected chi connectivity index (χ2v) is 8.11. The third-order valence-electron chi connectivity index (χ3n) is 6.46. The van der Waals surface area contributed by atoms with Crippen molar-refractivity contribution in [2.24, 2.45) is 5.92 Å². The minimum atomic E-state index is -4.37. The average molecular weight is 396 g/mol. The lowest BCUT2D eigenvalue weighted by molar-refractivity contribution is -0.138. The smallest absolute Gasteiger partial charge is 0.357 e. The molecule has 2 aliphatic heterocycles. The monoisotopic (exact) mass is 396 g/mol. The van der Waals surface area contributed by atoms with Crippen LogP contribution in [0.3, 0.4) is 0 Å². The topological polar surface area (TPSA) is 39.7 Å². The van der Waals surface area contributed by atoms with Crippen molar-refractivity contribution in [3.05, 3.63) is 23.9 Å². The number of halogens is 3. The number of piperazine rings is 1. The number of hydrogen-bond donors (Lipinski definition) is 0. The van der Waals surface area contributed by atoms with Gasteiger partial charge in [0.1, 0.15) is 5.82 Å². The standard InChI is InChI=1S/C20H27F3N4O/c21-20(22,23)16-4-7-24-18(14-16)26-8-5-15(6-9-26)19(28)27-12-10-25(11-13-27)17-2-1-3-17/h4,7,14-15,17H,1-3,5-6,8-13H2. The number of rotatable bonds is 3. The van der Waals surface area contributed by atoms with Crippen LogP contribution in [0.5, 0.6) is 0 Å². The van der Waals surface area contributed by atoms with E-state index in [9.17, 15) is 18.0 Å². The van der Waals surface area contributed by atoms with E-state index in [1.807, 2.05) is 9.80 Å². The van der Waals surface area contributed by atoms with Crippen LogP contribution >= 0.6 is 0 Å². The van der Waals surface area contributed by atoms with Gasteiger partial charge in [-0.3, -0.25) is 9.69 Å². The van der Waals surface area contributed by atoms with E-state index in [0.717, 1.165) is 44.4 Å². The highest BCUT2D eigenvalue weighted by Crippen LogP contribution is 2.32. The van der Waals surface area contributed by atoms with E-state index >= 15 is 0 Å². The van der Waals surface area contributed by atoms with Gasteiger partial charge in [0.2, 0.25) is 5.91 Å². The molecule has 0 bridgehead atoms. The quantitative estimate of drug-likeness (QED) is 0.788. The first-order valence-corrected chi connectivity index (χ1v) is 10.2. The summed E-state index contributed by atoms with van der Waals surface area (Å²) in [4.78, 5) is 23.3. The van der Waals surface area contributed by atoms with E-state index in [1.165, 1.54) is 25.5 Å². The van der Waals surface area contributed by atoms with Crippen molar-refractivity contribution in [1.82, 2.24) is 14.8 Å². The van der Waals surface area contributed by atoms with Crippen LogP contribution in [0.15, 0.2) is 18.3 Å². The summed E-state index contributed by atoms with van der Waals surface area (Å²) in [6, 6.07) is 2.81. The molecule has 154 valence electrons. The Kier molecular flexibility index (Phi) is 5.49. The Hall–Kier alpha value is -1.83. The molecule has 1 saturated carbocycles. The maximum absolute atomic E-state index is 12.9. The third-order valence-corrected chi connectivity index (χ3v) is 6.46. The maximum atomic E-state index is 12.9. The van der Waals surface area contributed by atoms with Crippen molar-refractivity contribution < 1.29 is 18.0 Å². The van der Waals surface area contributed by atoms with Crippen LogP contribution in [0, 0.1) is 5.92 Å². The lowest BCUT2D eigenvalue weighted by Crippen LogP contribution is -2.55. The summed E-state index contributed by atoms with van der Waals surface area (Å²) >= 11 is 0. The summed E-state index contributed by atoms with van der Waals surface area (Å²) < 4.78 is 38.7. The van der Waals surface area contributed by atoms with Crippen molar-refractivity contribution in [3.63, 3.8) is 0 Å². The molecule has 5 nitrogen and oxygen atoms in total. The van der Waals surface area contributed by atoms with Gasteiger partial charge in [-0.15, -0.1) is 0 Å². The molecule has 2 saturated heterocycles. The lowest BCUT2D eigenvalue weighted by Gasteiger charge is -2.44. The normalized spacial score (nSPS) is 23.0. The molecule has 1 aliphatic carbocycles. The Bertz CT molecular complexity index is 691. The molecule has 28 heavy (non-hydrogen) atoms. The summed E-state index contributed by atoms with van der Waals surface area (Å²) in [5.74, 6) is 0.525. The van der Waals surface area contributed by atoms with Gasteiger partial charge in [-0.25, -0.2) is 4.98 Å². The summed E-state index contributed by atoms with van der Waals surface area (Å²) in [7, 11) is 0. The number of amides is 1. The van der Waals surface area contributed by atoms with Gasteiger partial charge in [0.05, 0.1) is 5.56 Å². The molecule has 4 rings (SSSR count). The minimum Gasteiger partial charge on any atom is -0.357 e. The zero-order valence-electron chi connectivity index (χ0n) is 16.0. The molecule has 8 heteroatoms. The molecule has 3 fully saturated rings. The fourth-order valence-corrected chi connectivity index (χ4v) is 4.44. The lowest BCUT2D eigenvalue weighted by atomic mass is 9.90. The maximum Gasteiger partial charge on any atom is 0.416 e. The van der Waals surface area contributed by atoms with Crippen LogP contribution in [0.1, 0.15) is 37.7 Å². The highest BCUT2D eigenvalue weighted by atomic mass is 19.4. The first-order chi connectivity index (χ1) is 13.4. The Morgan fingerprint density at radius 1 is 1.00 bits per heavy atom. The van der Waals surface area contributed by atoms with Gasteiger partial charge in [0.15, 0.2) is 0 Å². The van der Waals surface area contributed by atoms with Crippen LogP contribution in [0.2, 0.25) is 0 Å². The molecule has 1 aromatic heterocycles. The van der Waals surface area contributed by atoms with Gasteiger partial charge in [-0.2, -0.15) is 13.2 Å². The Morgan fingerprint density at radius 2 is 1.68 bits per heavy atom. The fraction of sp³-hybridized carbons (Fsp3) is 0.700. The van der Waals surface area contributed by atoms with Gasteiger partial charge >= 0.3 is 6.18 Å². The van der Waals surface area contributed by atoms with E-state index in [-0.39, 0.29) is 11.8 Å². The van der Waals surface area contributed by atoms with Crippen LogP contribution in [0.25, 0.3) is 0 Å². The fourth-order valence-electron chi connectivity index (χ4n) is 4.44. The van der Waals surface area contributed by atoms with Crippen LogP contribution in [0.4, 0.5) is 19.0 Å². The van der Waals surface area contributed by atoms with Gasteiger partial charge in [-0.05, 0) is 37.8 Å². The molecule has 3 aliphatic rings. The molecule has 0 radical (unpaired) electrons. The number of pyridine rings is 1. The van der Waals surface area contributed by atoms with E-state index < -0.39 is 11.7 Å². The number of piperidine rings is 1. The molecule has 0 aromatic carbocycles. The number of carbonyl (C=O) groups is 1. The first-order valence-electron chi connectivity index (χ1n) is 10.2. The number of anilines is 1. The summed E-state index contributed by atoms with van der Waals surface area (Å²) in [5, 5.41) is 0. The summed E-state index contributed by atoms with van der Waals surface area (Å²) in [6.45, 7) is 4.64. The number of carbonyl (C=O) groups excluding carboxylic acids is 1. The van der Waals surface area contributed by atoms with Gasteiger partial charge < -0.3 is 9.80 Å². The van der Waals surface area contributed by atoms with Crippen LogP contribution < -0.4 is 4.90 Å². The Morgan fingerprint density at radius 3 is 2.25 bits per heavy atom. The minimum absolute atomic E-state index is 0.0303. The molecule has 1 aromatic rings. The summed E-state index contributed by atoms with van der Waals surface area (Å²) in [5.41, 5.74) is -0.681. The highest BCUT2D eigenvalue weighted by molar-refractivity contribution is 5.79. The molecular weight excluding hydrogens is 369 g/mol. The van der Waals surface area contributed by atoms with Gasteiger partial charge in [0.25, 0.3) is 0 Å². The second kappa shape index (κ2) is 7.89. The van der Waals surface area contributed by atoms with Crippen molar-refractivity contribution in [1.29, 1.82) is 0 Å². The van der Waals surface area contributed by atoms with Crippen molar-refractivity contribution in [2.75, 3.05) is 44.2 Å². The van der Waals surface area contributed by atoms with E-state index in [4.69, 9.17) is 0 Å². The van der Waals surface area contributed by atoms with E-state index in [0.29, 0.717) is 31.7 Å². The zero-order chi connectivity index (χ0) is 19.7. The van der Waals surface area contributed by atoms with Gasteiger partial charge in [0, 0.05) is 57.4 Å². The molecule has 0 spiro atoms. The van der Waals surface area contributed by atoms with Crippen molar-refractivity contribution in [2.45, 2.75) is 44.3 Å². The molecule has 1 amide bonds. The second-order valence-electron chi connectivity index (χ2n) is 8.11. The third kappa shape index (κ3) is 4.11. The highest BCUT2D eigenvalue weighted by Gasteiger charge is 2.34. The SMILES string of the molecule is O=C(C1CCN(c2cc(C(F)(F)F)ccn2)CC1)N1CCN(C2CCC2)CC1. The Balaban J connectivity index is 1.29. The predicted molar refractivity (Wildman–Crippen MR) is 100.0 cm³/mol. The molecule has 0 N–H and O–H groups in total. The molecule has 0 unspecified atom stereocenters. The molecule has 3 heterocycles. The van der Waals surface area contributed by atoms with Crippen LogP contribution in [-0.2, 0) is 11.0 Å². The number of hydrogen-bond acceptors (Lipinski definition) is 4. The Labute approximate surface area is 163 Å². The zero-order valence-corrected chi connectivity index (χ0v) is 16.0. The first kappa shape index (κ1) is 19.5. The van der Waals surface area contributed by atoms with Crippen molar-refractivity contribution in [3.8, 4) is 0 Å². The van der Waals surface area contributed by atoms with Crippen molar-refractivity contribution >= 4 is 11.7 Å². The van der Waals surface area contributed by atoms with Crippen LogP contribution in [-0.4, -0.2) is 66.0 Å². The average Bonchev–Trinajstić information content (AvgIpc) is 2.66. The number of alkyl halides is 3. The van der Waals surface area contributed by atoms with E-state index in [2.05, 4.69) is 9.88 Å². The van der Waals surface area contributed by atoms with Gasteiger partial charge in [-0.1, -0.05) is 6.42 Å². The molecular formula is C20H27F3N4O. The number of aromatic nitrogens is 1. The molecule has 0 atom stereocenters. The largest absolute Gasteiger partial charge is 0.416 e.